The van der Waals surface area contributed by atoms with Gasteiger partial charge in [0.2, 0.25) is 5.91 Å². The number of nitrogens with zero attached hydrogens (tertiary/aromatic N) is 5. The minimum Gasteiger partial charge on any atom is -0.353 e. The molecule has 150 valence electrons. The molecule has 3 heterocycles. The Kier molecular flexibility index (Phi) is 6.06. The highest BCUT2D eigenvalue weighted by Gasteiger charge is 2.22. The molecule has 4 rings (SSSR count). The summed E-state index contributed by atoms with van der Waals surface area (Å²) in [6.07, 6.45) is 5.45. The normalized spacial score (nSPS) is 14.3. The largest absolute Gasteiger partial charge is 0.353 e. The van der Waals surface area contributed by atoms with Gasteiger partial charge in [-0.25, -0.2) is 9.97 Å². The van der Waals surface area contributed by atoms with E-state index in [4.69, 9.17) is 11.6 Å². The van der Waals surface area contributed by atoms with Crippen LogP contribution in [0.25, 0.3) is 5.69 Å². The SMILES string of the molecule is Cc1c(Cl)cccc1-n1ccnc1SCC(=O)N1CCN(c2ccccn2)CC1. The van der Waals surface area contributed by atoms with Crippen molar-refractivity contribution < 1.29 is 4.79 Å². The first-order valence-electron chi connectivity index (χ1n) is 9.49. The quantitative estimate of drug-likeness (QED) is 0.581. The van der Waals surface area contributed by atoms with E-state index >= 15 is 0 Å². The maximum absolute atomic E-state index is 12.7. The zero-order chi connectivity index (χ0) is 20.2. The van der Waals surface area contributed by atoms with Crippen molar-refractivity contribution in [1.29, 1.82) is 0 Å². The maximum atomic E-state index is 12.7. The summed E-state index contributed by atoms with van der Waals surface area (Å²) >= 11 is 7.71. The molecule has 1 aromatic carbocycles. The third-order valence-electron chi connectivity index (χ3n) is 5.04. The van der Waals surface area contributed by atoms with E-state index in [1.165, 1.54) is 11.8 Å². The molecule has 0 N–H and O–H groups in total. The van der Waals surface area contributed by atoms with Gasteiger partial charge in [0.25, 0.3) is 0 Å². The molecule has 3 aromatic rings. The standard InChI is InChI=1S/C21H22ClN5OS/c1-16-17(22)5-4-6-18(16)27-10-9-24-21(27)29-15-20(28)26-13-11-25(12-14-26)19-7-2-3-8-23-19/h2-10H,11-15H2,1H3. The number of aromatic nitrogens is 3. The van der Waals surface area contributed by atoms with Crippen LogP contribution in [0.15, 0.2) is 60.1 Å². The number of pyridine rings is 1. The Morgan fingerprint density at radius 1 is 1.07 bits per heavy atom. The smallest absolute Gasteiger partial charge is 0.233 e. The number of amides is 1. The number of halogens is 1. The molecule has 1 saturated heterocycles. The summed E-state index contributed by atoms with van der Waals surface area (Å²) in [5, 5.41) is 1.50. The number of carbonyl (C=O) groups is 1. The van der Waals surface area contributed by atoms with Crippen LogP contribution < -0.4 is 4.90 Å². The second kappa shape index (κ2) is 8.88. The van der Waals surface area contributed by atoms with E-state index in [0.29, 0.717) is 23.9 Å². The minimum absolute atomic E-state index is 0.132. The van der Waals surface area contributed by atoms with Crippen LogP contribution in [0.4, 0.5) is 5.82 Å². The molecule has 0 atom stereocenters. The Morgan fingerprint density at radius 3 is 2.66 bits per heavy atom. The summed E-state index contributed by atoms with van der Waals surface area (Å²) in [5.41, 5.74) is 1.97. The van der Waals surface area contributed by atoms with Gasteiger partial charge in [0.05, 0.1) is 11.4 Å². The maximum Gasteiger partial charge on any atom is 0.233 e. The molecule has 0 aliphatic carbocycles. The Morgan fingerprint density at radius 2 is 1.90 bits per heavy atom. The first-order valence-corrected chi connectivity index (χ1v) is 10.9. The van der Waals surface area contributed by atoms with Gasteiger partial charge in [0.15, 0.2) is 5.16 Å². The number of carbonyl (C=O) groups excluding carboxylic acids is 1. The molecule has 1 aliphatic rings. The molecule has 0 radical (unpaired) electrons. The van der Waals surface area contributed by atoms with Crippen LogP contribution in [0.3, 0.4) is 0 Å². The number of thioether (sulfide) groups is 1. The Hall–Kier alpha value is -2.51. The molecule has 1 fully saturated rings. The third kappa shape index (κ3) is 4.41. The number of hydrogen-bond donors (Lipinski definition) is 0. The minimum atomic E-state index is 0.132. The first-order chi connectivity index (χ1) is 14.1. The fourth-order valence-corrected chi connectivity index (χ4v) is 4.42. The Labute approximate surface area is 179 Å². The van der Waals surface area contributed by atoms with E-state index in [0.717, 1.165) is 35.3 Å². The summed E-state index contributed by atoms with van der Waals surface area (Å²) in [4.78, 5) is 25.7. The lowest BCUT2D eigenvalue weighted by molar-refractivity contribution is -0.128. The van der Waals surface area contributed by atoms with Crippen LogP contribution in [-0.4, -0.2) is 57.3 Å². The lowest BCUT2D eigenvalue weighted by Gasteiger charge is -2.35. The molecule has 29 heavy (non-hydrogen) atoms. The average Bonchev–Trinajstić information content (AvgIpc) is 3.23. The average molecular weight is 428 g/mol. The number of anilines is 1. The van der Waals surface area contributed by atoms with E-state index < -0.39 is 0 Å². The highest BCUT2D eigenvalue weighted by Crippen LogP contribution is 2.27. The van der Waals surface area contributed by atoms with Gasteiger partial charge in [0, 0.05) is 49.8 Å². The third-order valence-corrected chi connectivity index (χ3v) is 6.40. The van der Waals surface area contributed by atoms with Crippen LogP contribution in [0.1, 0.15) is 5.56 Å². The van der Waals surface area contributed by atoms with Gasteiger partial charge in [-0.1, -0.05) is 35.5 Å². The zero-order valence-electron chi connectivity index (χ0n) is 16.2. The molecule has 1 aliphatic heterocycles. The first kappa shape index (κ1) is 19.8. The van der Waals surface area contributed by atoms with Gasteiger partial charge in [-0.05, 0) is 36.8 Å². The number of benzene rings is 1. The highest BCUT2D eigenvalue weighted by molar-refractivity contribution is 7.99. The molecule has 0 bridgehead atoms. The summed E-state index contributed by atoms with van der Waals surface area (Å²) in [7, 11) is 0. The van der Waals surface area contributed by atoms with E-state index in [-0.39, 0.29) is 5.91 Å². The summed E-state index contributed by atoms with van der Waals surface area (Å²) in [6.45, 7) is 4.99. The highest BCUT2D eigenvalue weighted by atomic mass is 35.5. The van der Waals surface area contributed by atoms with Crippen molar-refractivity contribution in [3.05, 3.63) is 65.6 Å². The molecule has 0 unspecified atom stereocenters. The van der Waals surface area contributed by atoms with Crippen molar-refractivity contribution in [3.63, 3.8) is 0 Å². The van der Waals surface area contributed by atoms with Crippen LogP contribution in [0, 0.1) is 6.92 Å². The van der Waals surface area contributed by atoms with Gasteiger partial charge < -0.3 is 9.80 Å². The number of imidazole rings is 1. The van der Waals surface area contributed by atoms with Gasteiger partial charge in [0.1, 0.15) is 5.82 Å². The molecular formula is C21H22ClN5OS. The molecule has 0 saturated carbocycles. The van der Waals surface area contributed by atoms with E-state index in [9.17, 15) is 4.79 Å². The molecule has 1 amide bonds. The fourth-order valence-electron chi connectivity index (χ4n) is 3.38. The van der Waals surface area contributed by atoms with Gasteiger partial charge in [-0.2, -0.15) is 0 Å². The van der Waals surface area contributed by atoms with Crippen LogP contribution in [0.5, 0.6) is 0 Å². The predicted octanol–water partition coefficient (Wildman–Crippen LogP) is 3.67. The van der Waals surface area contributed by atoms with Gasteiger partial charge in [-0.3, -0.25) is 9.36 Å². The zero-order valence-corrected chi connectivity index (χ0v) is 17.7. The number of hydrogen-bond acceptors (Lipinski definition) is 5. The summed E-state index contributed by atoms with van der Waals surface area (Å²) in [6, 6.07) is 11.7. The van der Waals surface area contributed by atoms with E-state index in [1.807, 2.05) is 59.0 Å². The number of piperazine rings is 1. The van der Waals surface area contributed by atoms with Crippen LogP contribution in [-0.2, 0) is 4.79 Å². The molecular weight excluding hydrogens is 406 g/mol. The van der Waals surface area contributed by atoms with Crippen molar-refractivity contribution in [2.45, 2.75) is 12.1 Å². The summed E-state index contributed by atoms with van der Waals surface area (Å²) < 4.78 is 1.98. The van der Waals surface area contributed by atoms with Gasteiger partial charge >= 0.3 is 0 Å². The van der Waals surface area contributed by atoms with E-state index in [1.54, 1.807) is 12.4 Å². The molecule has 6 nitrogen and oxygen atoms in total. The monoisotopic (exact) mass is 427 g/mol. The lowest BCUT2D eigenvalue weighted by atomic mass is 10.2. The Bertz CT molecular complexity index is 986. The number of rotatable bonds is 5. The molecule has 2 aromatic heterocycles. The van der Waals surface area contributed by atoms with Crippen molar-refractivity contribution in [2.75, 3.05) is 36.8 Å². The van der Waals surface area contributed by atoms with Crippen molar-refractivity contribution in [2.24, 2.45) is 0 Å². The van der Waals surface area contributed by atoms with Crippen LogP contribution >= 0.6 is 23.4 Å². The second-order valence-corrected chi connectivity index (χ2v) is 8.16. The fraction of sp³-hybridized carbons (Fsp3) is 0.286. The topological polar surface area (TPSA) is 54.3 Å². The van der Waals surface area contributed by atoms with Crippen molar-refractivity contribution in [1.82, 2.24) is 19.4 Å². The summed E-state index contributed by atoms with van der Waals surface area (Å²) in [5.74, 6) is 1.46. The van der Waals surface area contributed by atoms with Crippen LogP contribution in [0.2, 0.25) is 5.02 Å². The van der Waals surface area contributed by atoms with Crippen molar-refractivity contribution in [3.8, 4) is 5.69 Å². The van der Waals surface area contributed by atoms with E-state index in [2.05, 4.69) is 14.9 Å². The second-order valence-electron chi connectivity index (χ2n) is 6.81. The molecule has 0 spiro atoms. The molecule has 8 heteroatoms. The predicted molar refractivity (Wildman–Crippen MR) is 117 cm³/mol. The lowest BCUT2D eigenvalue weighted by Crippen LogP contribution is -2.49. The Balaban J connectivity index is 1.35. The van der Waals surface area contributed by atoms with Gasteiger partial charge in [-0.15, -0.1) is 0 Å². The van der Waals surface area contributed by atoms with Crippen molar-refractivity contribution >= 4 is 35.1 Å².